The molecule has 1 amide bonds. The van der Waals surface area contributed by atoms with E-state index in [1.54, 1.807) is 11.3 Å². The van der Waals surface area contributed by atoms with E-state index in [0.29, 0.717) is 13.0 Å². The second kappa shape index (κ2) is 9.71. The molecule has 2 fully saturated rings. The van der Waals surface area contributed by atoms with Crippen molar-refractivity contribution in [3.05, 3.63) is 18.2 Å². The second-order valence-corrected chi connectivity index (χ2v) is 7.36. The summed E-state index contributed by atoms with van der Waals surface area (Å²) in [5.41, 5.74) is 1.84. The molecule has 2 aliphatic rings. The number of ether oxygens (including phenoxy) is 1. The molecule has 0 saturated carbocycles. The van der Waals surface area contributed by atoms with Gasteiger partial charge in [0.15, 0.2) is 5.13 Å². The zero-order valence-corrected chi connectivity index (χ0v) is 16.9. The first-order valence-electron chi connectivity index (χ1n) is 8.54. The second-order valence-electron chi connectivity index (χ2n) is 6.35. The van der Waals surface area contributed by atoms with Crippen molar-refractivity contribution in [1.29, 1.82) is 0 Å². The van der Waals surface area contributed by atoms with Crippen LogP contribution in [-0.2, 0) is 9.53 Å². The Morgan fingerprint density at radius 2 is 2.15 bits per heavy atom. The molecule has 0 bridgehead atoms. The Hall–Kier alpha value is -1.12. The van der Waals surface area contributed by atoms with Gasteiger partial charge in [-0.05, 0) is 31.0 Å². The van der Waals surface area contributed by atoms with Gasteiger partial charge in [0.25, 0.3) is 0 Å². The minimum absolute atomic E-state index is 0. The molecular formula is C17H24Cl2N4O2S. The lowest BCUT2D eigenvalue weighted by Crippen LogP contribution is -2.43. The van der Waals surface area contributed by atoms with Crippen molar-refractivity contribution in [2.24, 2.45) is 0 Å². The number of carbonyl (C=O) groups excluding carboxylic acids is 1. The summed E-state index contributed by atoms with van der Waals surface area (Å²) in [6.45, 7) is 4.32. The van der Waals surface area contributed by atoms with Gasteiger partial charge in [-0.15, -0.1) is 24.8 Å². The Morgan fingerprint density at radius 1 is 1.35 bits per heavy atom. The van der Waals surface area contributed by atoms with Crippen LogP contribution in [0.5, 0.6) is 0 Å². The molecule has 1 atom stereocenters. The monoisotopic (exact) mass is 418 g/mol. The lowest BCUT2D eigenvalue weighted by atomic mass is 10.2. The molecule has 9 heteroatoms. The van der Waals surface area contributed by atoms with Gasteiger partial charge in [0.05, 0.1) is 23.4 Å². The fourth-order valence-electron chi connectivity index (χ4n) is 3.22. The first-order valence-corrected chi connectivity index (χ1v) is 9.36. The van der Waals surface area contributed by atoms with Gasteiger partial charge in [-0.2, -0.15) is 0 Å². The number of halogens is 2. The highest BCUT2D eigenvalue weighted by Crippen LogP contribution is 2.32. The Kier molecular flexibility index (Phi) is 7.91. The van der Waals surface area contributed by atoms with E-state index in [1.165, 1.54) is 12.8 Å². The SMILES string of the molecule is Cl.Cl.O=C(CC1COCCN1)Nc1ccc2nc(N3CCCC3)sc2c1. The lowest BCUT2D eigenvalue weighted by Gasteiger charge is -2.23. The van der Waals surface area contributed by atoms with Crippen molar-refractivity contribution in [2.45, 2.75) is 25.3 Å². The standard InChI is InChI=1S/C17H22N4O2S.2ClH/c22-16(10-13-11-23-8-5-18-13)19-12-3-4-14-15(9-12)24-17(20-14)21-6-1-2-7-21;;/h3-4,9,13,18H,1-2,5-8,10-11H2,(H,19,22);2*1H. The van der Waals surface area contributed by atoms with Crippen LogP contribution in [-0.4, -0.2) is 49.8 Å². The first kappa shape index (κ1) is 21.2. The van der Waals surface area contributed by atoms with E-state index in [1.807, 2.05) is 18.2 Å². The van der Waals surface area contributed by atoms with E-state index in [2.05, 4.69) is 15.5 Å². The predicted octanol–water partition coefficient (Wildman–Crippen LogP) is 3.06. The number of amides is 1. The van der Waals surface area contributed by atoms with Crippen molar-refractivity contribution in [3.8, 4) is 0 Å². The third-order valence-corrected chi connectivity index (χ3v) is 5.55. The largest absolute Gasteiger partial charge is 0.378 e. The molecule has 26 heavy (non-hydrogen) atoms. The predicted molar refractivity (Wildman–Crippen MR) is 111 cm³/mol. The first-order chi connectivity index (χ1) is 11.8. The van der Waals surface area contributed by atoms with Crippen molar-refractivity contribution in [1.82, 2.24) is 10.3 Å². The van der Waals surface area contributed by atoms with Crippen molar-refractivity contribution in [2.75, 3.05) is 43.1 Å². The molecule has 4 rings (SSSR count). The number of morpholine rings is 1. The Bertz CT molecular complexity index is 731. The van der Waals surface area contributed by atoms with E-state index in [4.69, 9.17) is 9.72 Å². The Morgan fingerprint density at radius 3 is 2.88 bits per heavy atom. The highest BCUT2D eigenvalue weighted by atomic mass is 35.5. The van der Waals surface area contributed by atoms with Gasteiger partial charge in [-0.3, -0.25) is 4.79 Å². The maximum Gasteiger partial charge on any atom is 0.226 e. The molecule has 1 unspecified atom stereocenters. The van der Waals surface area contributed by atoms with Crippen LogP contribution in [0.1, 0.15) is 19.3 Å². The number of carbonyl (C=O) groups is 1. The summed E-state index contributed by atoms with van der Waals surface area (Å²) in [7, 11) is 0. The molecule has 0 aliphatic carbocycles. The van der Waals surface area contributed by atoms with Crippen LogP contribution in [0.25, 0.3) is 10.2 Å². The summed E-state index contributed by atoms with van der Waals surface area (Å²) in [4.78, 5) is 19.3. The van der Waals surface area contributed by atoms with E-state index in [0.717, 1.165) is 47.3 Å². The summed E-state index contributed by atoms with van der Waals surface area (Å²) < 4.78 is 6.51. The quantitative estimate of drug-likeness (QED) is 0.798. The third kappa shape index (κ3) is 4.98. The fraction of sp³-hybridized carbons (Fsp3) is 0.529. The van der Waals surface area contributed by atoms with Gasteiger partial charge in [-0.1, -0.05) is 11.3 Å². The maximum absolute atomic E-state index is 12.2. The number of fused-ring (bicyclic) bond motifs is 1. The van der Waals surface area contributed by atoms with Crippen molar-refractivity contribution < 1.29 is 9.53 Å². The fourth-order valence-corrected chi connectivity index (χ4v) is 4.28. The highest BCUT2D eigenvalue weighted by molar-refractivity contribution is 7.22. The summed E-state index contributed by atoms with van der Waals surface area (Å²) in [5.74, 6) is 0.0154. The molecule has 1 aromatic carbocycles. The number of aromatic nitrogens is 1. The average molecular weight is 419 g/mol. The molecule has 0 radical (unpaired) electrons. The Balaban J connectivity index is 0.00000121. The van der Waals surface area contributed by atoms with Crippen LogP contribution < -0.4 is 15.5 Å². The lowest BCUT2D eigenvalue weighted by molar-refractivity contribution is -0.117. The van der Waals surface area contributed by atoms with Gasteiger partial charge in [0.1, 0.15) is 0 Å². The molecule has 2 N–H and O–H groups in total. The Labute approximate surface area is 169 Å². The van der Waals surface area contributed by atoms with Gasteiger partial charge in [0.2, 0.25) is 5.91 Å². The minimum Gasteiger partial charge on any atom is -0.378 e. The van der Waals surface area contributed by atoms with Crippen molar-refractivity contribution in [3.63, 3.8) is 0 Å². The van der Waals surface area contributed by atoms with Gasteiger partial charge in [0, 0.05) is 37.8 Å². The van der Waals surface area contributed by atoms with Gasteiger partial charge < -0.3 is 20.3 Å². The average Bonchev–Trinajstić information content (AvgIpc) is 3.24. The number of hydrogen-bond donors (Lipinski definition) is 2. The van der Waals surface area contributed by atoms with E-state index in [9.17, 15) is 4.79 Å². The normalized spacial score (nSPS) is 19.7. The van der Waals surface area contributed by atoms with E-state index >= 15 is 0 Å². The van der Waals surface area contributed by atoms with Crippen LogP contribution >= 0.6 is 36.2 Å². The van der Waals surface area contributed by atoms with Crippen LogP contribution in [0.3, 0.4) is 0 Å². The molecule has 144 valence electrons. The molecule has 3 heterocycles. The number of rotatable bonds is 4. The number of thiazole rings is 1. The zero-order chi connectivity index (χ0) is 16.4. The molecular weight excluding hydrogens is 395 g/mol. The minimum atomic E-state index is 0. The zero-order valence-electron chi connectivity index (χ0n) is 14.4. The number of hydrogen-bond acceptors (Lipinski definition) is 6. The maximum atomic E-state index is 12.2. The van der Waals surface area contributed by atoms with Crippen LogP contribution in [0, 0.1) is 0 Å². The topological polar surface area (TPSA) is 66.5 Å². The molecule has 0 spiro atoms. The number of nitrogens with one attached hydrogen (secondary N) is 2. The van der Waals surface area contributed by atoms with Crippen LogP contribution in [0.4, 0.5) is 10.8 Å². The van der Waals surface area contributed by atoms with Gasteiger partial charge in [-0.25, -0.2) is 4.98 Å². The van der Waals surface area contributed by atoms with E-state index in [-0.39, 0.29) is 36.8 Å². The summed E-state index contributed by atoms with van der Waals surface area (Å²) in [6, 6.07) is 6.05. The van der Waals surface area contributed by atoms with E-state index < -0.39 is 0 Å². The number of nitrogens with zero attached hydrogens (tertiary/aromatic N) is 2. The third-order valence-electron chi connectivity index (χ3n) is 4.47. The number of benzene rings is 1. The molecule has 2 aromatic rings. The van der Waals surface area contributed by atoms with Crippen molar-refractivity contribution >= 4 is 63.1 Å². The summed E-state index contributed by atoms with van der Waals surface area (Å²) in [5, 5.41) is 7.38. The highest BCUT2D eigenvalue weighted by Gasteiger charge is 2.18. The molecule has 6 nitrogen and oxygen atoms in total. The molecule has 2 aliphatic heterocycles. The van der Waals surface area contributed by atoms with Gasteiger partial charge >= 0.3 is 0 Å². The van der Waals surface area contributed by atoms with Crippen LogP contribution in [0.2, 0.25) is 0 Å². The van der Waals surface area contributed by atoms with Crippen LogP contribution in [0.15, 0.2) is 18.2 Å². The summed E-state index contributed by atoms with van der Waals surface area (Å²) in [6.07, 6.45) is 2.92. The number of anilines is 2. The smallest absolute Gasteiger partial charge is 0.226 e. The molecule has 2 saturated heterocycles. The molecule has 1 aromatic heterocycles. The summed E-state index contributed by atoms with van der Waals surface area (Å²) >= 11 is 1.70.